The first-order valence-corrected chi connectivity index (χ1v) is 8.17. The largest absolute Gasteiger partial charge is 0.453 e. The number of ether oxygens (including phenoxy) is 1. The van der Waals surface area contributed by atoms with Crippen molar-refractivity contribution in [2.45, 2.75) is 25.2 Å². The summed E-state index contributed by atoms with van der Waals surface area (Å²) in [6.07, 6.45) is 2.46. The standard InChI is InChI=1S/C18H24N2O3/c1-19-13-18(8-10-20(11-9-18)17(22)23-2)12-15(16(19)21)14-6-4-3-5-7-14/h3-7,15H,8-13H2,1-2H3/t15-/m1/s1. The van der Waals surface area contributed by atoms with E-state index in [9.17, 15) is 9.59 Å². The van der Waals surface area contributed by atoms with Crippen molar-refractivity contribution in [2.24, 2.45) is 5.41 Å². The molecule has 0 saturated carbocycles. The number of carbonyl (C=O) groups is 2. The second-order valence-electron chi connectivity index (χ2n) is 6.82. The Balaban J connectivity index is 1.77. The first-order chi connectivity index (χ1) is 11.0. The number of carbonyl (C=O) groups excluding carboxylic acids is 2. The highest BCUT2D eigenvalue weighted by molar-refractivity contribution is 5.84. The number of methoxy groups -OCH3 is 1. The Morgan fingerprint density at radius 2 is 1.87 bits per heavy atom. The van der Waals surface area contributed by atoms with Crippen LogP contribution in [0, 0.1) is 5.41 Å². The number of piperidine rings is 2. The quantitative estimate of drug-likeness (QED) is 0.800. The van der Waals surface area contributed by atoms with Crippen molar-refractivity contribution in [3.8, 4) is 0 Å². The van der Waals surface area contributed by atoms with Crippen molar-refractivity contribution >= 4 is 12.0 Å². The molecule has 1 aromatic carbocycles. The van der Waals surface area contributed by atoms with Gasteiger partial charge < -0.3 is 14.5 Å². The molecule has 2 heterocycles. The molecule has 23 heavy (non-hydrogen) atoms. The summed E-state index contributed by atoms with van der Waals surface area (Å²) in [6, 6.07) is 10.0. The molecule has 2 saturated heterocycles. The summed E-state index contributed by atoms with van der Waals surface area (Å²) >= 11 is 0. The van der Waals surface area contributed by atoms with Gasteiger partial charge in [-0.15, -0.1) is 0 Å². The number of benzene rings is 1. The number of hydrogen-bond acceptors (Lipinski definition) is 3. The first kappa shape index (κ1) is 15.8. The molecule has 1 spiro atoms. The maximum atomic E-state index is 12.6. The van der Waals surface area contributed by atoms with Crippen molar-refractivity contribution in [3.05, 3.63) is 35.9 Å². The lowest BCUT2D eigenvalue weighted by atomic mass is 9.68. The van der Waals surface area contributed by atoms with E-state index in [-0.39, 0.29) is 23.3 Å². The summed E-state index contributed by atoms with van der Waals surface area (Å²) in [6.45, 7) is 2.19. The zero-order valence-corrected chi connectivity index (χ0v) is 13.8. The number of likely N-dealkylation sites (tertiary alicyclic amines) is 2. The Morgan fingerprint density at radius 1 is 1.22 bits per heavy atom. The maximum absolute atomic E-state index is 12.6. The third kappa shape index (κ3) is 3.05. The van der Waals surface area contributed by atoms with Crippen LogP contribution in [0.5, 0.6) is 0 Å². The van der Waals surface area contributed by atoms with E-state index in [4.69, 9.17) is 4.74 Å². The van der Waals surface area contributed by atoms with Crippen LogP contribution in [0.3, 0.4) is 0 Å². The highest BCUT2D eigenvalue weighted by Gasteiger charge is 2.45. The van der Waals surface area contributed by atoms with E-state index in [1.807, 2.05) is 42.3 Å². The van der Waals surface area contributed by atoms with Gasteiger partial charge in [0.25, 0.3) is 0 Å². The molecule has 2 amide bonds. The van der Waals surface area contributed by atoms with Gasteiger partial charge in [-0.25, -0.2) is 4.79 Å². The fraction of sp³-hybridized carbons (Fsp3) is 0.556. The van der Waals surface area contributed by atoms with Crippen LogP contribution in [0.2, 0.25) is 0 Å². The Hall–Kier alpha value is -2.04. The van der Waals surface area contributed by atoms with Gasteiger partial charge in [-0.2, -0.15) is 0 Å². The molecule has 0 bridgehead atoms. The lowest BCUT2D eigenvalue weighted by Crippen LogP contribution is -2.53. The number of nitrogens with zero attached hydrogens (tertiary/aromatic N) is 2. The van der Waals surface area contributed by atoms with E-state index >= 15 is 0 Å². The molecule has 2 aliphatic heterocycles. The average Bonchev–Trinajstić information content (AvgIpc) is 2.59. The third-order valence-corrected chi connectivity index (χ3v) is 5.34. The van der Waals surface area contributed by atoms with E-state index in [1.54, 1.807) is 4.90 Å². The zero-order valence-electron chi connectivity index (χ0n) is 13.8. The Kier molecular flexibility index (Phi) is 4.28. The minimum atomic E-state index is -0.250. The van der Waals surface area contributed by atoms with E-state index in [0.717, 1.165) is 31.4 Å². The SMILES string of the molecule is COC(=O)N1CCC2(CC1)C[C@H](c1ccccc1)C(=O)N(C)C2. The summed E-state index contributed by atoms with van der Waals surface area (Å²) in [7, 11) is 3.32. The lowest BCUT2D eigenvalue weighted by molar-refractivity contribution is -0.139. The predicted octanol–water partition coefficient (Wildman–Crippen LogP) is 2.48. The lowest BCUT2D eigenvalue weighted by Gasteiger charge is -2.48. The Bertz CT molecular complexity index is 579. The van der Waals surface area contributed by atoms with Crippen molar-refractivity contribution in [2.75, 3.05) is 33.8 Å². The number of rotatable bonds is 1. The second-order valence-corrected chi connectivity index (χ2v) is 6.82. The van der Waals surface area contributed by atoms with Crippen LogP contribution in [0.25, 0.3) is 0 Å². The fourth-order valence-corrected chi connectivity index (χ4v) is 4.03. The third-order valence-electron chi connectivity index (χ3n) is 5.34. The smallest absolute Gasteiger partial charge is 0.409 e. The monoisotopic (exact) mass is 316 g/mol. The van der Waals surface area contributed by atoms with Crippen molar-refractivity contribution < 1.29 is 14.3 Å². The Morgan fingerprint density at radius 3 is 2.48 bits per heavy atom. The highest BCUT2D eigenvalue weighted by atomic mass is 16.5. The molecule has 1 atom stereocenters. The number of amides is 2. The van der Waals surface area contributed by atoms with Crippen LogP contribution in [0.15, 0.2) is 30.3 Å². The summed E-state index contributed by atoms with van der Waals surface area (Å²) in [4.78, 5) is 27.9. The molecule has 5 heteroatoms. The van der Waals surface area contributed by atoms with Gasteiger partial charge in [-0.1, -0.05) is 30.3 Å². The van der Waals surface area contributed by atoms with Crippen LogP contribution in [0.1, 0.15) is 30.7 Å². The topological polar surface area (TPSA) is 49.9 Å². The van der Waals surface area contributed by atoms with Gasteiger partial charge in [0.2, 0.25) is 5.91 Å². The van der Waals surface area contributed by atoms with Crippen LogP contribution in [0.4, 0.5) is 4.79 Å². The summed E-state index contributed by atoms with van der Waals surface area (Å²) in [5, 5.41) is 0. The average molecular weight is 316 g/mol. The minimum absolute atomic E-state index is 0.0698. The maximum Gasteiger partial charge on any atom is 0.409 e. The van der Waals surface area contributed by atoms with E-state index in [0.29, 0.717) is 13.1 Å². The molecule has 124 valence electrons. The minimum Gasteiger partial charge on any atom is -0.453 e. The van der Waals surface area contributed by atoms with Gasteiger partial charge in [-0.3, -0.25) is 4.79 Å². The van der Waals surface area contributed by atoms with E-state index in [2.05, 4.69) is 0 Å². The first-order valence-electron chi connectivity index (χ1n) is 8.17. The van der Waals surface area contributed by atoms with Crippen LogP contribution < -0.4 is 0 Å². The fourth-order valence-electron chi connectivity index (χ4n) is 4.03. The van der Waals surface area contributed by atoms with Gasteiger partial charge in [0.05, 0.1) is 13.0 Å². The van der Waals surface area contributed by atoms with Crippen molar-refractivity contribution in [3.63, 3.8) is 0 Å². The van der Waals surface area contributed by atoms with Gasteiger partial charge in [-0.05, 0) is 30.2 Å². The summed E-state index contributed by atoms with van der Waals surface area (Å²) < 4.78 is 4.82. The van der Waals surface area contributed by atoms with Crippen LogP contribution in [-0.4, -0.2) is 55.6 Å². The van der Waals surface area contributed by atoms with Crippen molar-refractivity contribution in [1.29, 1.82) is 0 Å². The van der Waals surface area contributed by atoms with Gasteiger partial charge in [0, 0.05) is 26.7 Å². The molecule has 1 aromatic rings. The molecule has 3 rings (SSSR count). The zero-order chi connectivity index (χ0) is 16.4. The number of likely N-dealkylation sites (N-methyl/N-ethyl adjacent to an activating group) is 1. The summed E-state index contributed by atoms with van der Waals surface area (Å²) in [5.41, 5.74) is 1.20. The molecule has 0 aliphatic carbocycles. The van der Waals surface area contributed by atoms with Gasteiger partial charge >= 0.3 is 6.09 Å². The molecular weight excluding hydrogens is 292 g/mol. The second kappa shape index (κ2) is 6.22. The molecule has 0 aromatic heterocycles. The van der Waals surface area contributed by atoms with Crippen LogP contribution in [-0.2, 0) is 9.53 Å². The molecule has 2 fully saturated rings. The van der Waals surface area contributed by atoms with Crippen LogP contribution >= 0.6 is 0 Å². The van der Waals surface area contributed by atoms with Gasteiger partial charge in [0.1, 0.15) is 0 Å². The normalized spacial score (nSPS) is 23.9. The molecule has 0 radical (unpaired) electrons. The Labute approximate surface area is 137 Å². The van der Waals surface area contributed by atoms with E-state index in [1.165, 1.54) is 7.11 Å². The molecule has 2 aliphatic rings. The summed E-state index contributed by atoms with van der Waals surface area (Å²) in [5.74, 6) is 0.136. The van der Waals surface area contributed by atoms with Crippen molar-refractivity contribution in [1.82, 2.24) is 9.80 Å². The predicted molar refractivity (Wildman–Crippen MR) is 87.1 cm³/mol. The molecule has 0 unspecified atom stereocenters. The molecule has 0 N–H and O–H groups in total. The molecule has 5 nitrogen and oxygen atoms in total. The highest BCUT2D eigenvalue weighted by Crippen LogP contribution is 2.45. The van der Waals surface area contributed by atoms with Gasteiger partial charge in [0.15, 0.2) is 0 Å². The number of hydrogen-bond donors (Lipinski definition) is 0. The molecular formula is C18H24N2O3. The van der Waals surface area contributed by atoms with E-state index < -0.39 is 0 Å².